The molecule has 0 spiro atoms. The maximum atomic E-state index is 9.63. The second-order valence-electron chi connectivity index (χ2n) is 3.89. The molecule has 0 aliphatic rings. The Bertz CT molecular complexity index is 476. The average molecular weight is 235 g/mol. The molecule has 2 rings (SSSR count). The molecule has 1 atom stereocenters. The highest BCUT2D eigenvalue weighted by atomic mass is 16.3. The summed E-state index contributed by atoms with van der Waals surface area (Å²) in [6.45, 7) is 5.44. The van der Waals surface area contributed by atoms with E-state index in [0.717, 1.165) is 12.4 Å². The van der Waals surface area contributed by atoms with Gasteiger partial charge in [-0.2, -0.15) is 0 Å². The van der Waals surface area contributed by atoms with E-state index in [2.05, 4.69) is 26.8 Å². The highest BCUT2D eigenvalue weighted by molar-refractivity contribution is 4.99. The first-order valence-electron chi connectivity index (χ1n) is 5.82. The van der Waals surface area contributed by atoms with Crippen molar-refractivity contribution in [2.24, 2.45) is 0 Å². The molecule has 1 N–H and O–H groups in total. The van der Waals surface area contributed by atoms with E-state index in [1.165, 1.54) is 0 Å². The van der Waals surface area contributed by atoms with Crippen LogP contribution in [0.3, 0.4) is 0 Å². The fraction of sp³-hybridized carbons (Fsp3) is 0.545. The van der Waals surface area contributed by atoms with Gasteiger partial charge in [-0.3, -0.25) is 0 Å². The number of nitrogens with zero attached hydrogens (tertiary/aromatic N) is 5. The van der Waals surface area contributed by atoms with E-state index in [9.17, 15) is 5.11 Å². The summed E-state index contributed by atoms with van der Waals surface area (Å²) in [6.07, 6.45) is 5.59. The van der Waals surface area contributed by atoms with Gasteiger partial charge in [-0.15, -0.1) is 5.10 Å². The number of aromatic nitrogens is 5. The lowest BCUT2D eigenvalue weighted by molar-refractivity contribution is 0.168. The Labute approximate surface area is 99.9 Å². The Balaban J connectivity index is 2.11. The molecule has 92 valence electrons. The maximum absolute atomic E-state index is 9.63. The van der Waals surface area contributed by atoms with E-state index < -0.39 is 6.10 Å². The van der Waals surface area contributed by atoms with Crippen molar-refractivity contribution in [3.05, 3.63) is 30.1 Å². The van der Waals surface area contributed by atoms with Crippen LogP contribution in [0.4, 0.5) is 0 Å². The lowest BCUT2D eigenvalue weighted by Gasteiger charge is -2.04. The first-order valence-corrected chi connectivity index (χ1v) is 5.82. The average Bonchev–Trinajstić information content (AvgIpc) is 2.97. The molecule has 2 aromatic rings. The summed E-state index contributed by atoms with van der Waals surface area (Å²) in [5.41, 5.74) is 0.613. The van der Waals surface area contributed by atoms with Crippen LogP contribution in [0, 0.1) is 0 Å². The number of imidazole rings is 1. The van der Waals surface area contributed by atoms with Gasteiger partial charge in [-0.1, -0.05) is 12.1 Å². The summed E-state index contributed by atoms with van der Waals surface area (Å²) in [5, 5.41) is 17.6. The van der Waals surface area contributed by atoms with Crippen molar-refractivity contribution in [3.63, 3.8) is 0 Å². The minimum Gasteiger partial charge on any atom is -0.387 e. The maximum Gasteiger partial charge on any atom is 0.130 e. The van der Waals surface area contributed by atoms with E-state index in [1.54, 1.807) is 17.1 Å². The van der Waals surface area contributed by atoms with Crippen molar-refractivity contribution in [2.75, 3.05) is 0 Å². The van der Waals surface area contributed by atoms with Crippen LogP contribution in [-0.2, 0) is 13.1 Å². The van der Waals surface area contributed by atoms with Crippen LogP contribution in [0.15, 0.2) is 18.6 Å². The number of aliphatic hydroxyl groups excluding tert-OH is 1. The number of aliphatic hydroxyl groups is 1. The molecular formula is C11H17N5O. The molecule has 0 aromatic carbocycles. The van der Waals surface area contributed by atoms with Crippen LogP contribution < -0.4 is 0 Å². The molecule has 0 saturated carbocycles. The SMILES string of the molecule is CCC(O)c1cn(Cc2nccn2CC)nn1. The topological polar surface area (TPSA) is 68.8 Å². The zero-order valence-corrected chi connectivity index (χ0v) is 10.1. The van der Waals surface area contributed by atoms with Crippen molar-refractivity contribution in [2.45, 2.75) is 39.5 Å². The Hall–Kier alpha value is -1.69. The van der Waals surface area contributed by atoms with Crippen molar-refractivity contribution >= 4 is 0 Å². The van der Waals surface area contributed by atoms with Crippen LogP contribution in [0.1, 0.15) is 37.9 Å². The highest BCUT2D eigenvalue weighted by Crippen LogP contribution is 2.12. The van der Waals surface area contributed by atoms with E-state index in [-0.39, 0.29) is 0 Å². The van der Waals surface area contributed by atoms with Crippen molar-refractivity contribution in [1.29, 1.82) is 0 Å². The first kappa shape index (κ1) is 11.8. The summed E-state index contributed by atoms with van der Waals surface area (Å²) in [6, 6.07) is 0. The van der Waals surface area contributed by atoms with Gasteiger partial charge in [0.1, 0.15) is 18.1 Å². The fourth-order valence-corrected chi connectivity index (χ4v) is 1.68. The lowest BCUT2D eigenvalue weighted by atomic mass is 10.2. The van der Waals surface area contributed by atoms with E-state index in [4.69, 9.17) is 0 Å². The molecule has 6 nitrogen and oxygen atoms in total. The predicted octanol–water partition coefficient (Wildman–Crippen LogP) is 0.986. The molecule has 1 unspecified atom stereocenters. The third-order valence-corrected chi connectivity index (χ3v) is 2.73. The molecule has 2 heterocycles. The van der Waals surface area contributed by atoms with Crippen molar-refractivity contribution < 1.29 is 5.11 Å². The second kappa shape index (κ2) is 5.09. The van der Waals surface area contributed by atoms with Crippen LogP contribution in [-0.4, -0.2) is 29.7 Å². The van der Waals surface area contributed by atoms with Gasteiger partial charge in [0.2, 0.25) is 0 Å². The molecule has 0 aliphatic heterocycles. The first-order chi connectivity index (χ1) is 8.24. The van der Waals surface area contributed by atoms with E-state index >= 15 is 0 Å². The van der Waals surface area contributed by atoms with Gasteiger partial charge >= 0.3 is 0 Å². The largest absolute Gasteiger partial charge is 0.387 e. The normalized spacial score (nSPS) is 12.9. The van der Waals surface area contributed by atoms with Gasteiger partial charge in [0.05, 0.1) is 12.3 Å². The van der Waals surface area contributed by atoms with Gasteiger partial charge in [0.25, 0.3) is 0 Å². The Morgan fingerprint density at radius 3 is 2.94 bits per heavy atom. The molecule has 0 aliphatic carbocycles. The van der Waals surface area contributed by atoms with E-state index in [0.29, 0.717) is 18.7 Å². The third-order valence-electron chi connectivity index (χ3n) is 2.73. The number of hydrogen-bond acceptors (Lipinski definition) is 4. The Morgan fingerprint density at radius 2 is 2.24 bits per heavy atom. The molecule has 0 fully saturated rings. The van der Waals surface area contributed by atoms with Gasteiger partial charge in [0, 0.05) is 18.9 Å². The molecule has 2 aromatic heterocycles. The van der Waals surface area contributed by atoms with Gasteiger partial charge in [-0.25, -0.2) is 9.67 Å². The Kier molecular flexibility index (Phi) is 3.53. The standard InChI is InChI=1S/C11H17N5O/c1-3-10(17)9-7-16(14-13-9)8-11-12-5-6-15(11)4-2/h5-7,10,17H,3-4,8H2,1-2H3. The summed E-state index contributed by atoms with van der Waals surface area (Å²) >= 11 is 0. The summed E-state index contributed by atoms with van der Waals surface area (Å²) in [5.74, 6) is 0.940. The third kappa shape index (κ3) is 2.52. The monoisotopic (exact) mass is 235 g/mol. The quantitative estimate of drug-likeness (QED) is 0.839. The minimum atomic E-state index is -0.533. The molecule has 0 saturated heterocycles. The predicted molar refractivity (Wildman–Crippen MR) is 62.3 cm³/mol. The second-order valence-corrected chi connectivity index (χ2v) is 3.89. The number of hydrogen-bond donors (Lipinski definition) is 1. The fourth-order valence-electron chi connectivity index (χ4n) is 1.68. The van der Waals surface area contributed by atoms with Crippen LogP contribution >= 0.6 is 0 Å². The van der Waals surface area contributed by atoms with Gasteiger partial charge in [-0.05, 0) is 13.3 Å². The smallest absolute Gasteiger partial charge is 0.130 e. The number of aryl methyl sites for hydroxylation is 1. The zero-order valence-electron chi connectivity index (χ0n) is 10.1. The van der Waals surface area contributed by atoms with Crippen LogP contribution in [0.2, 0.25) is 0 Å². The molecule has 17 heavy (non-hydrogen) atoms. The minimum absolute atomic E-state index is 0.533. The molecule has 0 radical (unpaired) electrons. The lowest BCUT2D eigenvalue weighted by Crippen LogP contribution is -2.08. The van der Waals surface area contributed by atoms with Crippen molar-refractivity contribution in [3.8, 4) is 0 Å². The van der Waals surface area contributed by atoms with Crippen molar-refractivity contribution in [1.82, 2.24) is 24.5 Å². The molecule has 0 amide bonds. The summed E-state index contributed by atoms with van der Waals surface area (Å²) < 4.78 is 3.75. The summed E-state index contributed by atoms with van der Waals surface area (Å²) in [4.78, 5) is 4.27. The molecular weight excluding hydrogens is 218 g/mol. The summed E-state index contributed by atoms with van der Waals surface area (Å²) in [7, 11) is 0. The van der Waals surface area contributed by atoms with Crippen LogP contribution in [0.5, 0.6) is 0 Å². The van der Waals surface area contributed by atoms with Gasteiger partial charge in [0.15, 0.2) is 0 Å². The van der Waals surface area contributed by atoms with Crippen LogP contribution in [0.25, 0.3) is 0 Å². The van der Waals surface area contributed by atoms with Gasteiger partial charge < -0.3 is 9.67 Å². The highest BCUT2D eigenvalue weighted by Gasteiger charge is 2.10. The zero-order chi connectivity index (χ0) is 12.3. The molecule has 0 bridgehead atoms. The molecule has 6 heteroatoms. The number of rotatable bonds is 5. The Morgan fingerprint density at radius 1 is 1.41 bits per heavy atom. The van der Waals surface area contributed by atoms with E-state index in [1.807, 2.05) is 13.1 Å².